The lowest BCUT2D eigenvalue weighted by Gasteiger charge is -2.35. The molecule has 0 bridgehead atoms. The Bertz CT molecular complexity index is 768. The third-order valence-corrected chi connectivity index (χ3v) is 6.45. The van der Waals surface area contributed by atoms with E-state index in [1.54, 1.807) is 4.90 Å². The van der Waals surface area contributed by atoms with Crippen LogP contribution in [0.15, 0.2) is 29.2 Å². The van der Waals surface area contributed by atoms with Gasteiger partial charge < -0.3 is 9.64 Å². The number of alkyl halides is 3. The van der Waals surface area contributed by atoms with Crippen molar-refractivity contribution in [1.82, 2.24) is 9.21 Å². The molecular formula is C16H19F3N2O4S. The van der Waals surface area contributed by atoms with Crippen LogP contribution in [0.1, 0.15) is 18.4 Å². The van der Waals surface area contributed by atoms with Crippen LogP contribution in [0.4, 0.5) is 13.2 Å². The van der Waals surface area contributed by atoms with Crippen LogP contribution in [-0.4, -0.2) is 62.4 Å². The predicted octanol–water partition coefficient (Wildman–Crippen LogP) is 1.72. The van der Waals surface area contributed by atoms with E-state index in [1.807, 2.05) is 0 Å². The van der Waals surface area contributed by atoms with Crippen molar-refractivity contribution in [2.24, 2.45) is 0 Å². The molecule has 3 rings (SSSR count). The molecule has 0 aliphatic carbocycles. The fourth-order valence-electron chi connectivity index (χ4n) is 3.11. The van der Waals surface area contributed by atoms with E-state index in [0.29, 0.717) is 19.1 Å². The molecule has 2 fully saturated rings. The fraction of sp³-hybridized carbons (Fsp3) is 0.562. The van der Waals surface area contributed by atoms with Crippen molar-refractivity contribution in [3.63, 3.8) is 0 Å². The predicted molar refractivity (Wildman–Crippen MR) is 85.8 cm³/mol. The number of hydrogen-bond donors (Lipinski definition) is 0. The highest BCUT2D eigenvalue weighted by Gasteiger charge is 2.36. The molecule has 1 amide bonds. The maximum Gasteiger partial charge on any atom is 0.416 e. The summed E-state index contributed by atoms with van der Waals surface area (Å²) in [5.41, 5.74) is -1.01. The first-order chi connectivity index (χ1) is 12.2. The van der Waals surface area contributed by atoms with E-state index in [1.165, 1.54) is 0 Å². The molecule has 2 heterocycles. The Hall–Kier alpha value is -1.65. The van der Waals surface area contributed by atoms with Gasteiger partial charge in [0.15, 0.2) is 0 Å². The first kappa shape index (κ1) is 19.1. The average Bonchev–Trinajstić information content (AvgIpc) is 3.15. The van der Waals surface area contributed by atoms with Gasteiger partial charge in [0, 0.05) is 32.8 Å². The summed E-state index contributed by atoms with van der Waals surface area (Å²) in [6.45, 7) is 1.00. The molecule has 1 atom stereocenters. The van der Waals surface area contributed by atoms with Gasteiger partial charge in [-0.25, -0.2) is 8.42 Å². The monoisotopic (exact) mass is 392 g/mol. The number of carbonyl (C=O) groups is 1. The van der Waals surface area contributed by atoms with Crippen molar-refractivity contribution in [1.29, 1.82) is 0 Å². The van der Waals surface area contributed by atoms with E-state index < -0.39 is 32.8 Å². The third kappa shape index (κ3) is 3.86. The summed E-state index contributed by atoms with van der Waals surface area (Å²) in [6.07, 6.45) is -3.61. The highest BCUT2D eigenvalue weighted by molar-refractivity contribution is 7.89. The molecular weight excluding hydrogens is 373 g/mol. The summed E-state index contributed by atoms with van der Waals surface area (Å²) in [6, 6.07) is 3.69. The van der Waals surface area contributed by atoms with E-state index >= 15 is 0 Å². The maximum atomic E-state index is 12.8. The first-order valence-corrected chi connectivity index (χ1v) is 9.71. The van der Waals surface area contributed by atoms with Crippen molar-refractivity contribution in [2.75, 3.05) is 32.8 Å². The summed E-state index contributed by atoms with van der Waals surface area (Å²) in [5, 5.41) is 0. The van der Waals surface area contributed by atoms with Crippen molar-refractivity contribution in [3.8, 4) is 0 Å². The molecule has 10 heteroatoms. The molecule has 0 N–H and O–H groups in total. The van der Waals surface area contributed by atoms with Gasteiger partial charge in [0.2, 0.25) is 10.0 Å². The van der Waals surface area contributed by atoms with Gasteiger partial charge in [-0.3, -0.25) is 4.79 Å². The summed E-state index contributed by atoms with van der Waals surface area (Å²) >= 11 is 0. The van der Waals surface area contributed by atoms with Crippen LogP contribution in [0.3, 0.4) is 0 Å². The van der Waals surface area contributed by atoms with Gasteiger partial charge in [0.1, 0.15) is 6.10 Å². The Labute approximate surface area is 149 Å². The van der Waals surface area contributed by atoms with Gasteiger partial charge in [0.05, 0.1) is 10.5 Å². The molecule has 1 aromatic rings. The topological polar surface area (TPSA) is 66.9 Å². The Morgan fingerprint density at radius 3 is 2.42 bits per heavy atom. The minimum atomic E-state index is -4.61. The van der Waals surface area contributed by atoms with Crippen LogP contribution in [0.5, 0.6) is 0 Å². The highest BCUT2D eigenvalue weighted by Crippen LogP contribution is 2.31. The van der Waals surface area contributed by atoms with Crippen molar-refractivity contribution < 1.29 is 31.1 Å². The number of halogens is 3. The van der Waals surface area contributed by atoms with Crippen molar-refractivity contribution >= 4 is 15.9 Å². The SMILES string of the molecule is O=C([C@H]1CCCO1)N1CCN(S(=O)(=O)c2cccc(C(F)(F)F)c2)CC1. The Balaban J connectivity index is 1.69. The molecule has 144 valence electrons. The lowest BCUT2D eigenvalue weighted by molar-refractivity contribution is -0.142. The van der Waals surface area contributed by atoms with Crippen LogP contribution >= 0.6 is 0 Å². The van der Waals surface area contributed by atoms with Crippen molar-refractivity contribution in [2.45, 2.75) is 30.0 Å². The summed E-state index contributed by atoms with van der Waals surface area (Å²) in [4.78, 5) is 13.4. The van der Waals surface area contributed by atoms with Crippen LogP contribution in [-0.2, 0) is 25.7 Å². The molecule has 2 aliphatic heterocycles. The summed E-state index contributed by atoms with van der Waals surface area (Å²) in [7, 11) is -4.05. The second kappa shape index (κ2) is 7.16. The molecule has 1 aromatic carbocycles. The zero-order chi connectivity index (χ0) is 18.9. The van der Waals surface area contributed by atoms with E-state index in [-0.39, 0.29) is 32.1 Å². The van der Waals surface area contributed by atoms with Crippen molar-refractivity contribution in [3.05, 3.63) is 29.8 Å². The van der Waals surface area contributed by atoms with Crippen LogP contribution < -0.4 is 0 Å². The molecule has 0 spiro atoms. The number of sulfonamides is 1. The first-order valence-electron chi connectivity index (χ1n) is 8.27. The molecule has 0 aromatic heterocycles. The summed E-state index contributed by atoms with van der Waals surface area (Å²) < 4.78 is 70.2. The molecule has 6 nitrogen and oxygen atoms in total. The fourth-order valence-corrected chi connectivity index (χ4v) is 4.58. The standard InChI is InChI=1S/C16H19F3N2O4S/c17-16(18,19)12-3-1-4-13(11-12)26(23,24)21-8-6-20(7-9-21)15(22)14-5-2-10-25-14/h1,3-4,11,14H,2,5-10H2/t14-/m1/s1. The second-order valence-corrected chi connectivity index (χ2v) is 8.19. The number of benzene rings is 1. The molecule has 0 unspecified atom stereocenters. The Kier molecular flexibility index (Phi) is 5.27. The zero-order valence-corrected chi connectivity index (χ0v) is 14.7. The molecule has 2 aliphatic rings. The van der Waals surface area contributed by atoms with Gasteiger partial charge in [0.25, 0.3) is 5.91 Å². The van der Waals surface area contributed by atoms with E-state index in [4.69, 9.17) is 4.74 Å². The lowest BCUT2D eigenvalue weighted by Crippen LogP contribution is -2.52. The number of nitrogens with zero attached hydrogens (tertiary/aromatic N) is 2. The van der Waals surface area contributed by atoms with Gasteiger partial charge in [-0.15, -0.1) is 0 Å². The average molecular weight is 392 g/mol. The van der Waals surface area contributed by atoms with Crippen LogP contribution in [0.25, 0.3) is 0 Å². The third-order valence-electron chi connectivity index (χ3n) is 4.55. The molecule has 0 radical (unpaired) electrons. The smallest absolute Gasteiger partial charge is 0.368 e. The number of hydrogen-bond acceptors (Lipinski definition) is 4. The molecule has 26 heavy (non-hydrogen) atoms. The van der Waals surface area contributed by atoms with Gasteiger partial charge in [-0.2, -0.15) is 17.5 Å². The number of piperazine rings is 1. The Morgan fingerprint density at radius 1 is 1.15 bits per heavy atom. The summed E-state index contributed by atoms with van der Waals surface area (Å²) in [5.74, 6) is -0.154. The minimum absolute atomic E-state index is 0.0387. The van der Waals surface area contributed by atoms with Gasteiger partial charge in [-0.05, 0) is 31.0 Å². The number of amides is 1. The van der Waals surface area contributed by atoms with Crippen LogP contribution in [0.2, 0.25) is 0 Å². The quantitative estimate of drug-likeness (QED) is 0.786. The van der Waals surface area contributed by atoms with E-state index in [9.17, 15) is 26.4 Å². The number of carbonyl (C=O) groups excluding carboxylic acids is 1. The van der Waals surface area contributed by atoms with E-state index in [2.05, 4.69) is 0 Å². The Morgan fingerprint density at radius 2 is 1.85 bits per heavy atom. The number of rotatable bonds is 3. The van der Waals surface area contributed by atoms with Crippen LogP contribution in [0, 0.1) is 0 Å². The minimum Gasteiger partial charge on any atom is -0.368 e. The normalized spacial score (nSPS) is 22.6. The van der Waals surface area contributed by atoms with E-state index in [0.717, 1.165) is 28.9 Å². The van der Waals surface area contributed by atoms with Gasteiger partial charge >= 0.3 is 6.18 Å². The molecule has 0 saturated carbocycles. The zero-order valence-electron chi connectivity index (χ0n) is 13.9. The van der Waals surface area contributed by atoms with Gasteiger partial charge in [-0.1, -0.05) is 6.07 Å². The molecule has 2 saturated heterocycles. The highest BCUT2D eigenvalue weighted by atomic mass is 32.2. The largest absolute Gasteiger partial charge is 0.416 e. The second-order valence-electron chi connectivity index (χ2n) is 6.26. The maximum absolute atomic E-state index is 12.8. The number of ether oxygens (including phenoxy) is 1. The lowest BCUT2D eigenvalue weighted by atomic mass is 10.2.